The standard InChI is InChI=1S/C16H20N2O4/c1-4-18-11(2)8-14(12(18)3)16(20)22-10-15(19)17-9-13-6-5-7-21-13/h5-8H,4,9-10H2,1-3H3,(H,17,19). The van der Waals surface area contributed by atoms with Gasteiger partial charge in [0.05, 0.1) is 18.4 Å². The molecule has 0 aromatic carbocycles. The van der Waals surface area contributed by atoms with Crippen molar-refractivity contribution in [1.82, 2.24) is 9.88 Å². The van der Waals surface area contributed by atoms with Crippen LogP contribution in [-0.2, 0) is 22.6 Å². The van der Waals surface area contributed by atoms with Crippen LogP contribution in [0, 0.1) is 13.8 Å². The second-order valence-corrected chi connectivity index (χ2v) is 4.96. The fraction of sp³-hybridized carbons (Fsp3) is 0.375. The number of rotatable bonds is 6. The first-order valence-corrected chi connectivity index (χ1v) is 7.15. The molecule has 0 aliphatic carbocycles. The third kappa shape index (κ3) is 3.58. The van der Waals surface area contributed by atoms with Crippen LogP contribution in [0.3, 0.4) is 0 Å². The molecule has 0 atom stereocenters. The summed E-state index contributed by atoms with van der Waals surface area (Å²) in [6, 6.07) is 5.28. The van der Waals surface area contributed by atoms with E-state index in [0.29, 0.717) is 11.3 Å². The van der Waals surface area contributed by atoms with E-state index in [-0.39, 0.29) is 19.1 Å². The zero-order valence-electron chi connectivity index (χ0n) is 13.0. The molecule has 118 valence electrons. The highest BCUT2D eigenvalue weighted by atomic mass is 16.5. The van der Waals surface area contributed by atoms with E-state index in [4.69, 9.17) is 9.15 Å². The molecule has 0 fully saturated rings. The van der Waals surface area contributed by atoms with Gasteiger partial charge in [-0.3, -0.25) is 4.79 Å². The summed E-state index contributed by atoms with van der Waals surface area (Å²) in [6.07, 6.45) is 1.53. The first kappa shape index (κ1) is 15.9. The van der Waals surface area contributed by atoms with Gasteiger partial charge in [-0.2, -0.15) is 0 Å². The number of aromatic nitrogens is 1. The van der Waals surface area contributed by atoms with Gasteiger partial charge in [0, 0.05) is 17.9 Å². The Morgan fingerprint density at radius 3 is 2.73 bits per heavy atom. The predicted molar refractivity (Wildman–Crippen MR) is 80.4 cm³/mol. The molecule has 6 heteroatoms. The number of hydrogen-bond donors (Lipinski definition) is 1. The minimum Gasteiger partial charge on any atom is -0.467 e. The fourth-order valence-corrected chi connectivity index (χ4v) is 2.35. The summed E-state index contributed by atoms with van der Waals surface area (Å²) in [5.74, 6) is -0.207. The molecule has 2 aromatic rings. The molecule has 0 saturated heterocycles. The smallest absolute Gasteiger partial charge is 0.340 e. The average Bonchev–Trinajstić information content (AvgIpc) is 3.10. The summed E-state index contributed by atoms with van der Waals surface area (Å²) >= 11 is 0. The van der Waals surface area contributed by atoms with Gasteiger partial charge in [-0.15, -0.1) is 0 Å². The van der Waals surface area contributed by atoms with Crippen molar-refractivity contribution >= 4 is 11.9 Å². The fourth-order valence-electron chi connectivity index (χ4n) is 2.35. The monoisotopic (exact) mass is 304 g/mol. The molecule has 6 nitrogen and oxygen atoms in total. The number of ether oxygens (including phenoxy) is 1. The van der Waals surface area contributed by atoms with Gasteiger partial charge in [-0.1, -0.05) is 0 Å². The molecule has 0 bridgehead atoms. The van der Waals surface area contributed by atoms with Crippen molar-refractivity contribution in [3.8, 4) is 0 Å². The maximum absolute atomic E-state index is 12.1. The Kier molecular flexibility index (Phi) is 5.04. The van der Waals surface area contributed by atoms with Crippen LogP contribution in [-0.4, -0.2) is 23.1 Å². The highest BCUT2D eigenvalue weighted by Gasteiger charge is 2.17. The average molecular weight is 304 g/mol. The molecule has 1 amide bonds. The summed E-state index contributed by atoms with van der Waals surface area (Å²) in [5, 5.41) is 2.62. The maximum atomic E-state index is 12.1. The van der Waals surface area contributed by atoms with Gasteiger partial charge < -0.3 is 19.0 Å². The Morgan fingerprint density at radius 1 is 1.36 bits per heavy atom. The number of amides is 1. The number of nitrogens with zero attached hydrogens (tertiary/aromatic N) is 1. The normalized spacial score (nSPS) is 10.5. The first-order valence-electron chi connectivity index (χ1n) is 7.15. The molecule has 2 heterocycles. The van der Waals surface area contributed by atoms with Crippen molar-refractivity contribution in [2.24, 2.45) is 0 Å². The van der Waals surface area contributed by atoms with E-state index in [1.165, 1.54) is 6.26 Å². The molecule has 2 rings (SSSR count). The van der Waals surface area contributed by atoms with Crippen LogP contribution in [0.15, 0.2) is 28.9 Å². The van der Waals surface area contributed by atoms with Crippen molar-refractivity contribution in [1.29, 1.82) is 0 Å². The molecule has 0 aliphatic rings. The van der Waals surface area contributed by atoms with Crippen LogP contribution in [0.1, 0.15) is 34.4 Å². The zero-order valence-corrected chi connectivity index (χ0v) is 13.0. The number of hydrogen-bond acceptors (Lipinski definition) is 4. The van der Waals surface area contributed by atoms with Gasteiger partial charge >= 0.3 is 5.97 Å². The van der Waals surface area contributed by atoms with Gasteiger partial charge in [0.1, 0.15) is 5.76 Å². The molecule has 0 radical (unpaired) electrons. The number of aryl methyl sites for hydroxylation is 1. The number of carbonyl (C=O) groups is 2. The number of carbonyl (C=O) groups excluding carboxylic acids is 2. The number of esters is 1. The largest absolute Gasteiger partial charge is 0.467 e. The molecular weight excluding hydrogens is 284 g/mol. The molecule has 22 heavy (non-hydrogen) atoms. The van der Waals surface area contributed by atoms with E-state index in [0.717, 1.165) is 17.9 Å². The second-order valence-electron chi connectivity index (χ2n) is 4.96. The van der Waals surface area contributed by atoms with Crippen molar-refractivity contribution < 1.29 is 18.7 Å². The summed E-state index contributed by atoms with van der Waals surface area (Å²) in [7, 11) is 0. The summed E-state index contributed by atoms with van der Waals surface area (Å²) < 4.78 is 12.2. The van der Waals surface area contributed by atoms with Crippen LogP contribution in [0.25, 0.3) is 0 Å². The highest BCUT2D eigenvalue weighted by molar-refractivity contribution is 5.92. The molecule has 1 N–H and O–H groups in total. The van der Waals surface area contributed by atoms with E-state index in [2.05, 4.69) is 5.32 Å². The minimum absolute atomic E-state index is 0.272. The molecule has 0 saturated carbocycles. The maximum Gasteiger partial charge on any atom is 0.340 e. The third-order valence-corrected chi connectivity index (χ3v) is 3.48. The Bertz CT molecular complexity index is 656. The summed E-state index contributed by atoms with van der Waals surface area (Å²) in [5.41, 5.74) is 2.34. The molecule has 0 spiro atoms. The predicted octanol–water partition coefficient (Wildman–Crippen LogP) is 2.19. The molecular formula is C16H20N2O4. The van der Waals surface area contributed by atoms with Crippen molar-refractivity contribution in [3.05, 3.63) is 47.2 Å². The van der Waals surface area contributed by atoms with E-state index >= 15 is 0 Å². The van der Waals surface area contributed by atoms with Crippen molar-refractivity contribution in [3.63, 3.8) is 0 Å². The molecule has 0 unspecified atom stereocenters. The lowest BCUT2D eigenvalue weighted by molar-refractivity contribution is -0.124. The summed E-state index contributed by atoms with van der Waals surface area (Å²) in [4.78, 5) is 23.7. The van der Waals surface area contributed by atoms with Gasteiger partial charge in [-0.05, 0) is 39.0 Å². The Labute approximate surface area is 129 Å². The zero-order chi connectivity index (χ0) is 16.1. The SMILES string of the molecule is CCn1c(C)cc(C(=O)OCC(=O)NCc2ccco2)c1C. The van der Waals surface area contributed by atoms with E-state index in [1.807, 2.05) is 25.3 Å². The van der Waals surface area contributed by atoms with Crippen molar-refractivity contribution in [2.45, 2.75) is 33.9 Å². The lowest BCUT2D eigenvalue weighted by atomic mass is 10.2. The summed E-state index contributed by atoms with van der Waals surface area (Å²) in [6.45, 7) is 6.56. The minimum atomic E-state index is -0.485. The number of furan rings is 1. The Morgan fingerprint density at radius 2 is 2.14 bits per heavy atom. The van der Waals surface area contributed by atoms with E-state index in [9.17, 15) is 9.59 Å². The quantitative estimate of drug-likeness (QED) is 0.830. The molecule has 0 aliphatic heterocycles. The van der Waals surface area contributed by atoms with Crippen molar-refractivity contribution in [2.75, 3.05) is 6.61 Å². The lowest BCUT2D eigenvalue weighted by Gasteiger charge is -2.07. The van der Waals surface area contributed by atoms with Gasteiger partial charge in [0.2, 0.25) is 0 Å². The lowest BCUT2D eigenvalue weighted by Crippen LogP contribution is -2.28. The van der Waals surface area contributed by atoms with Crippen LogP contribution in [0.4, 0.5) is 0 Å². The van der Waals surface area contributed by atoms with Gasteiger partial charge in [-0.25, -0.2) is 4.79 Å². The first-order chi connectivity index (χ1) is 10.5. The second kappa shape index (κ2) is 6.98. The third-order valence-electron chi connectivity index (χ3n) is 3.48. The highest BCUT2D eigenvalue weighted by Crippen LogP contribution is 2.15. The van der Waals surface area contributed by atoms with E-state index < -0.39 is 5.97 Å². The van der Waals surface area contributed by atoms with Crippen LogP contribution >= 0.6 is 0 Å². The van der Waals surface area contributed by atoms with Crippen LogP contribution < -0.4 is 5.32 Å². The Hall–Kier alpha value is -2.50. The molecule has 2 aromatic heterocycles. The van der Waals surface area contributed by atoms with Crippen LogP contribution in [0.5, 0.6) is 0 Å². The van der Waals surface area contributed by atoms with E-state index in [1.54, 1.807) is 18.2 Å². The number of nitrogens with one attached hydrogen (secondary N) is 1. The van der Waals surface area contributed by atoms with Gasteiger partial charge in [0.15, 0.2) is 6.61 Å². The Balaban J connectivity index is 1.86. The van der Waals surface area contributed by atoms with Gasteiger partial charge in [0.25, 0.3) is 5.91 Å². The van der Waals surface area contributed by atoms with Crippen LogP contribution in [0.2, 0.25) is 0 Å². The topological polar surface area (TPSA) is 73.5 Å².